The summed E-state index contributed by atoms with van der Waals surface area (Å²) in [5.74, 6) is 1.28. The van der Waals surface area contributed by atoms with Crippen LogP contribution < -0.4 is 5.32 Å². The topological polar surface area (TPSA) is 71.0 Å². The molecule has 1 amide bonds. The van der Waals surface area contributed by atoms with Crippen molar-refractivity contribution in [3.63, 3.8) is 0 Å². The molecule has 0 aromatic carbocycles. The molecule has 1 aliphatic heterocycles. The van der Waals surface area contributed by atoms with Crippen LogP contribution in [0.1, 0.15) is 35.6 Å². The van der Waals surface area contributed by atoms with Crippen molar-refractivity contribution < 1.29 is 4.79 Å². The van der Waals surface area contributed by atoms with Gasteiger partial charge < -0.3 is 10.2 Å². The van der Waals surface area contributed by atoms with Crippen LogP contribution in [0, 0.1) is 6.92 Å². The number of carbonyl (C=O) groups excluding carboxylic acids is 1. The Kier molecular flexibility index (Phi) is 5.95. The maximum atomic E-state index is 12.4. The number of amides is 1. The molecule has 0 saturated carbocycles. The van der Waals surface area contributed by atoms with Crippen LogP contribution in [0.15, 0.2) is 54.3 Å². The Morgan fingerprint density at radius 2 is 2.07 bits per heavy atom. The van der Waals surface area contributed by atoms with Gasteiger partial charge in [-0.3, -0.25) is 9.78 Å². The summed E-state index contributed by atoms with van der Waals surface area (Å²) < 4.78 is 0. The fraction of sp³-hybridized carbons (Fsp3) is 0.273. The Morgan fingerprint density at radius 1 is 1.24 bits per heavy atom. The van der Waals surface area contributed by atoms with Crippen LogP contribution >= 0.6 is 11.3 Å². The Morgan fingerprint density at radius 3 is 2.83 bits per heavy atom. The van der Waals surface area contributed by atoms with Crippen molar-refractivity contribution in [2.45, 2.75) is 25.7 Å². The molecule has 1 aliphatic rings. The fourth-order valence-electron chi connectivity index (χ4n) is 3.39. The summed E-state index contributed by atoms with van der Waals surface area (Å²) in [6, 6.07) is 7.75. The minimum atomic E-state index is 0.0542. The second-order valence-electron chi connectivity index (χ2n) is 7.09. The minimum Gasteiger partial charge on any atom is -0.339 e. The maximum absolute atomic E-state index is 12.4. The molecule has 148 valence electrons. The first kappa shape index (κ1) is 19.3. The normalized spacial score (nSPS) is 15.0. The van der Waals surface area contributed by atoms with Crippen molar-refractivity contribution >= 4 is 34.3 Å². The molecule has 3 aromatic rings. The number of piperidine rings is 1. The molecule has 0 radical (unpaired) electrons. The summed E-state index contributed by atoms with van der Waals surface area (Å²) >= 11 is 1.60. The minimum absolute atomic E-state index is 0.0542. The second-order valence-corrected chi connectivity index (χ2v) is 7.95. The van der Waals surface area contributed by atoms with Gasteiger partial charge in [0, 0.05) is 49.1 Å². The van der Waals surface area contributed by atoms with Crippen molar-refractivity contribution in [2.75, 3.05) is 18.4 Å². The van der Waals surface area contributed by atoms with Crippen LogP contribution in [0.25, 0.3) is 6.08 Å². The zero-order chi connectivity index (χ0) is 20.1. The lowest BCUT2D eigenvalue weighted by Crippen LogP contribution is -2.36. The van der Waals surface area contributed by atoms with E-state index in [1.165, 1.54) is 0 Å². The number of thiazole rings is 1. The van der Waals surface area contributed by atoms with Gasteiger partial charge in [-0.05, 0) is 49.1 Å². The summed E-state index contributed by atoms with van der Waals surface area (Å²) in [7, 11) is 0. The molecule has 1 N–H and O–H groups in total. The number of aromatic nitrogens is 3. The van der Waals surface area contributed by atoms with Gasteiger partial charge in [-0.2, -0.15) is 0 Å². The highest BCUT2D eigenvalue weighted by atomic mass is 32.1. The molecule has 1 saturated heterocycles. The highest BCUT2D eigenvalue weighted by Crippen LogP contribution is 2.31. The molecule has 0 spiro atoms. The largest absolute Gasteiger partial charge is 0.339 e. The first-order valence-electron chi connectivity index (χ1n) is 9.70. The van der Waals surface area contributed by atoms with Gasteiger partial charge in [0.05, 0.1) is 5.69 Å². The molecular formula is C22H23N5OS. The molecule has 29 heavy (non-hydrogen) atoms. The summed E-state index contributed by atoms with van der Waals surface area (Å²) in [5, 5.41) is 6.29. The number of hydrogen-bond donors (Lipinski definition) is 1. The van der Waals surface area contributed by atoms with Crippen molar-refractivity contribution in [2.24, 2.45) is 0 Å². The SMILES string of the molecule is Cc1cccnc1Nc1nc(C2CCN(C(=O)/C=C/c3cccnc3)CC2)cs1. The van der Waals surface area contributed by atoms with E-state index in [9.17, 15) is 4.79 Å². The number of hydrogen-bond acceptors (Lipinski definition) is 6. The van der Waals surface area contributed by atoms with Gasteiger partial charge in [0.2, 0.25) is 5.91 Å². The van der Waals surface area contributed by atoms with E-state index in [2.05, 4.69) is 20.7 Å². The highest BCUT2D eigenvalue weighted by Gasteiger charge is 2.24. The van der Waals surface area contributed by atoms with Gasteiger partial charge in [0.1, 0.15) is 5.82 Å². The summed E-state index contributed by atoms with van der Waals surface area (Å²) in [6.45, 7) is 3.53. The monoisotopic (exact) mass is 405 g/mol. The molecule has 6 nitrogen and oxygen atoms in total. The first-order valence-corrected chi connectivity index (χ1v) is 10.6. The quantitative estimate of drug-likeness (QED) is 0.637. The molecule has 7 heteroatoms. The van der Waals surface area contributed by atoms with E-state index in [1.54, 1.807) is 36.0 Å². The lowest BCUT2D eigenvalue weighted by molar-refractivity contribution is -0.126. The predicted octanol–water partition coefficient (Wildman–Crippen LogP) is 4.40. The zero-order valence-corrected chi connectivity index (χ0v) is 17.1. The van der Waals surface area contributed by atoms with Crippen LogP contribution in [0.4, 0.5) is 10.9 Å². The summed E-state index contributed by atoms with van der Waals surface area (Å²) in [4.78, 5) is 27.5. The third-order valence-corrected chi connectivity index (χ3v) is 5.86. The maximum Gasteiger partial charge on any atom is 0.246 e. The van der Waals surface area contributed by atoms with Crippen molar-refractivity contribution in [3.05, 3.63) is 71.1 Å². The Labute approximate surface area is 174 Å². The molecule has 3 aromatic heterocycles. The number of nitrogens with one attached hydrogen (secondary N) is 1. The van der Waals surface area contributed by atoms with E-state index in [0.717, 1.165) is 53.7 Å². The average Bonchev–Trinajstić information content (AvgIpc) is 3.23. The molecule has 1 fully saturated rings. The highest BCUT2D eigenvalue weighted by molar-refractivity contribution is 7.13. The van der Waals surface area contributed by atoms with Gasteiger partial charge in [-0.15, -0.1) is 11.3 Å². The van der Waals surface area contributed by atoms with Crippen LogP contribution in [0.5, 0.6) is 0 Å². The summed E-state index contributed by atoms with van der Waals surface area (Å²) in [6.07, 6.45) is 10.6. The number of aryl methyl sites for hydroxylation is 1. The van der Waals surface area contributed by atoms with Crippen LogP contribution in [-0.4, -0.2) is 38.8 Å². The Hall–Kier alpha value is -3.06. The van der Waals surface area contributed by atoms with E-state index in [-0.39, 0.29) is 5.91 Å². The zero-order valence-electron chi connectivity index (χ0n) is 16.3. The summed E-state index contributed by atoms with van der Waals surface area (Å²) in [5.41, 5.74) is 3.13. The lowest BCUT2D eigenvalue weighted by Gasteiger charge is -2.30. The van der Waals surface area contributed by atoms with Crippen LogP contribution in [0.3, 0.4) is 0 Å². The molecule has 4 heterocycles. The third-order valence-electron chi connectivity index (χ3n) is 5.08. The number of carbonyl (C=O) groups is 1. The molecular weight excluding hydrogens is 382 g/mol. The third kappa shape index (κ3) is 4.86. The van der Waals surface area contributed by atoms with Gasteiger partial charge in [0.25, 0.3) is 0 Å². The number of likely N-dealkylation sites (tertiary alicyclic amines) is 1. The van der Waals surface area contributed by atoms with E-state index in [0.29, 0.717) is 5.92 Å². The number of rotatable bonds is 5. The number of nitrogens with zero attached hydrogens (tertiary/aromatic N) is 4. The molecule has 4 rings (SSSR count). The van der Waals surface area contributed by atoms with Crippen LogP contribution in [0.2, 0.25) is 0 Å². The van der Waals surface area contributed by atoms with Crippen molar-refractivity contribution in [1.82, 2.24) is 19.9 Å². The van der Waals surface area contributed by atoms with Gasteiger partial charge in [-0.25, -0.2) is 9.97 Å². The number of anilines is 2. The fourth-order valence-corrected chi connectivity index (χ4v) is 4.18. The smallest absolute Gasteiger partial charge is 0.246 e. The van der Waals surface area contributed by atoms with E-state index >= 15 is 0 Å². The first-order chi connectivity index (χ1) is 14.2. The van der Waals surface area contributed by atoms with Crippen molar-refractivity contribution in [1.29, 1.82) is 0 Å². The molecule has 0 unspecified atom stereocenters. The molecule has 0 aliphatic carbocycles. The second kappa shape index (κ2) is 8.96. The molecule has 0 bridgehead atoms. The lowest BCUT2D eigenvalue weighted by atomic mass is 9.94. The Balaban J connectivity index is 1.32. The van der Waals surface area contributed by atoms with Gasteiger partial charge in [0.15, 0.2) is 5.13 Å². The van der Waals surface area contributed by atoms with Gasteiger partial charge >= 0.3 is 0 Å². The van der Waals surface area contributed by atoms with Crippen molar-refractivity contribution in [3.8, 4) is 0 Å². The predicted molar refractivity (Wildman–Crippen MR) is 116 cm³/mol. The number of pyridine rings is 2. The average molecular weight is 406 g/mol. The van der Waals surface area contributed by atoms with E-state index < -0.39 is 0 Å². The standard InChI is InChI=1S/C22H23N5OS/c1-16-4-2-11-24-21(16)26-22-25-19(15-29-22)18-8-12-27(13-9-18)20(28)7-6-17-5-3-10-23-14-17/h2-7,10-11,14-15,18H,8-9,12-13H2,1H3,(H,24,25,26)/b7-6+. The van der Waals surface area contributed by atoms with E-state index in [4.69, 9.17) is 4.98 Å². The van der Waals surface area contributed by atoms with E-state index in [1.807, 2.05) is 42.2 Å². The molecule has 0 atom stereocenters. The van der Waals surface area contributed by atoms with Gasteiger partial charge in [-0.1, -0.05) is 12.1 Å². The van der Waals surface area contributed by atoms with Crippen LogP contribution in [-0.2, 0) is 4.79 Å². The Bertz CT molecular complexity index is 993.